The van der Waals surface area contributed by atoms with Crippen molar-refractivity contribution in [3.8, 4) is 6.07 Å². The standard InChI is InChI=1S/C15H20N2O/c1-5-15(6-2,10-16)14(18)17-13-9-11(3)7-8-12(13)4/h7-9H,5-6H2,1-4H3,(H,17,18). The van der Waals surface area contributed by atoms with Crippen LogP contribution in [0.3, 0.4) is 0 Å². The summed E-state index contributed by atoms with van der Waals surface area (Å²) in [4.78, 5) is 12.3. The third-order valence-corrected chi connectivity index (χ3v) is 3.50. The van der Waals surface area contributed by atoms with Gasteiger partial charge in [-0.15, -0.1) is 0 Å². The fraction of sp³-hybridized carbons (Fsp3) is 0.467. The zero-order chi connectivity index (χ0) is 13.8. The Morgan fingerprint density at radius 3 is 2.44 bits per heavy atom. The molecular formula is C15H20N2O. The number of amides is 1. The molecule has 0 aliphatic carbocycles. The van der Waals surface area contributed by atoms with Gasteiger partial charge >= 0.3 is 0 Å². The lowest BCUT2D eigenvalue weighted by atomic mass is 9.83. The van der Waals surface area contributed by atoms with Gasteiger partial charge in [-0.05, 0) is 43.9 Å². The average Bonchev–Trinajstić information content (AvgIpc) is 2.37. The molecule has 0 fully saturated rings. The summed E-state index contributed by atoms with van der Waals surface area (Å²) in [6.45, 7) is 7.66. The average molecular weight is 244 g/mol. The predicted octanol–water partition coefficient (Wildman–Crippen LogP) is 3.57. The lowest BCUT2D eigenvalue weighted by Crippen LogP contribution is -2.34. The second-order valence-corrected chi connectivity index (χ2v) is 4.67. The molecule has 1 aromatic rings. The van der Waals surface area contributed by atoms with E-state index < -0.39 is 5.41 Å². The van der Waals surface area contributed by atoms with E-state index in [9.17, 15) is 10.1 Å². The van der Waals surface area contributed by atoms with Crippen molar-refractivity contribution in [3.63, 3.8) is 0 Å². The van der Waals surface area contributed by atoms with Gasteiger partial charge in [0.05, 0.1) is 6.07 Å². The third-order valence-electron chi connectivity index (χ3n) is 3.50. The molecule has 18 heavy (non-hydrogen) atoms. The molecule has 1 amide bonds. The summed E-state index contributed by atoms with van der Waals surface area (Å²) in [6.07, 6.45) is 1.05. The number of hydrogen-bond donors (Lipinski definition) is 1. The summed E-state index contributed by atoms with van der Waals surface area (Å²) >= 11 is 0. The molecule has 3 nitrogen and oxygen atoms in total. The van der Waals surface area contributed by atoms with Crippen molar-refractivity contribution >= 4 is 11.6 Å². The van der Waals surface area contributed by atoms with Crippen molar-refractivity contribution in [3.05, 3.63) is 29.3 Å². The number of carbonyl (C=O) groups excluding carboxylic acids is 1. The number of nitriles is 1. The van der Waals surface area contributed by atoms with E-state index in [1.165, 1.54) is 0 Å². The summed E-state index contributed by atoms with van der Waals surface area (Å²) in [5, 5.41) is 12.1. The highest BCUT2D eigenvalue weighted by atomic mass is 16.2. The maximum Gasteiger partial charge on any atom is 0.244 e. The number of nitrogens with one attached hydrogen (secondary N) is 1. The lowest BCUT2D eigenvalue weighted by Gasteiger charge is -2.22. The van der Waals surface area contributed by atoms with E-state index >= 15 is 0 Å². The van der Waals surface area contributed by atoms with Crippen LogP contribution in [0, 0.1) is 30.6 Å². The summed E-state index contributed by atoms with van der Waals surface area (Å²) in [5.74, 6) is -0.205. The molecule has 0 aliphatic heterocycles. The minimum absolute atomic E-state index is 0.205. The van der Waals surface area contributed by atoms with E-state index in [0.29, 0.717) is 12.8 Å². The molecule has 0 spiro atoms. The van der Waals surface area contributed by atoms with Gasteiger partial charge in [0.1, 0.15) is 5.41 Å². The van der Waals surface area contributed by atoms with Crippen molar-refractivity contribution in [1.82, 2.24) is 0 Å². The molecule has 0 saturated carbocycles. The van der Waals surface area contributed by atoms with Crippen LogP contribution < -0.4 is 5.32 Å². The van der Waals surface area contributed by atoms with Gasteiger partial charge in [-0.3, -0.25) is 4.79 Å². The Morgan fingerprint density at radius 1 is 1.33 bits per heavy atom. The summed E-state index contributed by atoms with van der Waals surface area (Å²) in [7, 11) is 0. The van der Waals surface area contributed by atoms with E-state index in [4.69, 9.17) is 0 Å². The fourth-order valence-corrected chi connectivity index (χ4v) is 1.89. The van der Waals surface area contributed by atoms with Gasteiger partial charge in [0.15, 0.2) is 0 Å². The number of benzene rings is 1. The van der Waals surface area contributed by atoms with E-state index in [1.54, 1.807) is 0 Å². The number of carbonyl (C=O) groups is 1. The molecule has 0 aromatic heterocycles. The topological polar surface area (TPSA) is 52.9 Å². The molecule has 0 heterocycles. The van der Waals surface area contributed by atoms with Crippen LogP contribution in [0.15, 0.2) is 18.2 Å². The fourth-order valence-electron chi connectivity index (χ4n) is 1.89. The van der Waals surface area contributed by atoms with Crippen molar-refractivity contribution in [2.24, 2.45) is 5.41 Å². The minimum Gasteiger partial charge on any atom is -0.324 e. The molecule has 1 N–H and O–H groups in total. The monoisotopic (exact) mass is 244 g/mol. The molecule has 0 saturated heterocycles. The smallest absolute Gasteiger partial charge is 0.244 e. The Kier molecular flexibility index (Phi) is 4.49. The van der Waals surface area contributed by atoms with Crippen LogP contribution in [0.1, 0.15) is 37.8 Å². The Bertz CT molecular complexity index is 482. The zero-order valence-corrected chi connectivity index (χ0v) is 11.5. The molecule has 3 heteroatoms. The first-order valence-electron chi connectivity index (χ1n) is 6.29. The van der Waals surface area contributed by atoms with E-state index in [0.717, 1.165) is 16.8 Å². The van der Waals surface area contributed by atoms with Gasteiger partial charge in [-0.1, -0.05) is 26.0 Å². The van der Waals surface area contributed by atoms with Gasteiger partial charge in [0.2, 0.25) is 5.91 Å². The van der Waals surface area contributed by atoms with Crippen LogP contribution in [-0.2, 0) is 4.79 Å². The van der Waals surface area contributed by atoms with Crippen LogP contribution >= 0.6 is 0 Å². The molecular weight excluding hydrogens is 224 g/mol. The molecule has 1 rings (SSSR count). The van der Waals surface area contributed by atoms with Crippen LogP contribution in [0.5, 0.6) is 0 Å². The maximum absolute atomic E-state index is 12.3. The van der Waals surface area contributed by atoms with Crippen LogP contribution in [0.4, 0.5) is 5.69 Å². The third kappa shape index (κ3) is 2.70. The van der Waals surface area contributed by atoms with Crippen molar-refractivity contribution < 1.29 is 4.79 Å². The van der Waals surface area contributed by atoms with Crippen molar-refractivity contribution in [2.45, 2.75) is 40.5 Å². The predicted molar refractivity (Wildman–Crippen MR) is 73.2 cm³/mol. The van der Waals surface area contributed by atoms with Crippen LogP contribution in [-0.4, -0.2) is 5.91 Å². The van der Waals surface area contributed by atoms with Gasteiger partial charge in [0.25, 0.3) is 0 Å². The number of rotatable bonds is 4. The van der Waals surface area contributed by atoms with Gasteiger partial charge in [0, 0.05) is 5.69 Å². The first-order chi connectivity index (χ1) is 8.49. The van der Waals surface area contributed by atoms with E-state index in [2.05, 4.69) is 11.4 Å². The second-order valence-electron chi connectivity index (χ2n) is 4.67. The number of aryl methyl sites for hydroxylation is 2. The molecule has 0 unspecified atom stereocenters. The van der Waals surface area contributed by atoms with E-state index in [1.807, 2.05) is 45.9 Å². The highest BCUT2D eigenvalue weighted by Crippen LogP contribution is 2.28. The van der Waals surface area contributed by atoms with Crippen LogP contribution in [0.25, 0.3) is 0 Å². The quantitative estimate of drug-likeness (QED) is 0.880. The largest absolute Gasteiger partial charge is 0.324 e. The van der Waals surface area contributed by atoms with Gasteiger partial charge in [-0.25, -0.2) is 0 Å². The lowest BCUT2D eigenvalue weighted by molar-refractivity contribution is -0.123. The zero-order valence-electron chi connectivity index (χ0n) is 11.5. The van der Waals surface area contributed by atoms with Gasteiger partial charge in [-0.2, -0.15) is 5.26 Å². The van der Waals surface area contributed by atoms with Gasteiger partial charge < -0.3 is 5.32 Å². The minimum atomic E-state index is -0.920. The molecule has 0 radical (unpaired) electrons. The number of anilines is 1. The summed E-state index contributed by atoms with van der Waals surface area (Å²) < 4.78 is 0. The highest BCUT2D eigenvalue weighted by Gasteiger charge is 2.35. The molecule has 1 aromatic carbocycles. The van der Waals surface area contributed by atoms with Crippen molar-refractivity contribution in [1.29, 1.82) is 5.26 Å². The second kappa shape index (κ2) is 5.68. The first kappa shape index (κ1) is 14.2. The highest BCUT2D eigenvalue weighted by molar-refractivity contribution is 5.97. The van der Waals surface area contributed by atoms with Crippen molar-refractivity contribution in [2.75, 3.05) is 5.32 Å². The molecule has 96 valence electrons. The molecule has 0 aliphatic rings. The summed E-state index contributed by atoms with van der Waals surface area (Å²) in [5.41, 5.74) is 1.97. The van der Waals surface area contributed by atoms with Crippen LogP contribution in [0.2, 0.25) is 0 Å². The first-order valence-corrected chi connectivity index (χ1v) is 6.29. The van der Waals surface area contributed by atoms with E-state index in [-0.39, 0.29) is 5.91 Å². The number of hydrogen-bond acceptors (Lipinski definition) is 2. The Labute approximate surface area is 109 Å². The summed E-state index contributed by atoms with van der Waals surface area (Å²) in [6, 6.07) is 8.06. The Balaban J connectivity index is 3.01. The normalized spacial score (nSPS) is 10.8. The molecule has 0 atom stereocenters. The number of nitrogens with zero attached hydrogens (tertiary/aromatic N) is 1. The maximum atomic E-state index is 12.3. The Hall–Kier alpha value is -1.82. The SMILES string of the molecule is CCC(C#N)(CC)C(=O)Nc1cc(C)ccc1C. The molecule has 0 bridgehead atoms. The Morgan fingerprint density at radius 2 is 1.94 bits per heavy atom.